The molecule has 8 nitrogen and oxygen atoms in total. The van der Waals surface area contributed by atoms with Crippen LogP contribution in [0.25, 0.3) is 0 Å². The van der Waals surface area contributed by atoms with E-state index in [0.29, 0.717) is 19.3 Å². The van der Waals surface area contributed by atoms with Gasteiger partial charge in [-0.1, -0.05) is 132 Å². The van der Waals surface area contributed by atoms with Crippen molar-refractivity contribution in [2.45, 2.75) is 154 Å². The number of carbonyl (C=O) groups is 3. The molecule has 2 atom stereocenters. The molecule has 0 aromatic heterocycles. The predicted molar refractivity (Wildman–Crippen MR) is 220 cm³/mol. The fraction of sp³-hybridized carbons (Fsp3) is 0.667. The number of carboxylic acid groups (broad SMARTS) is 1. The molecule has 0 amide bonds. The summed E-state index contributed by atoms with van der Waals surface area (Å²) in [5, 5.41) is 9.58. The Bertz CT molecular complexity index is 1100. The summed E-state index contributed by atoms with van der Waals surface area (Å²) in [6, 6.07) is -0.623. The highest BCUT2D eigenvalue weighted by Crippen LogP contribution is 2.12. The van der Waals surface area contributed by atoms with Crippen molar-refractivity contribution in [2.24, 2.45) is 0 Å². The number of quaternary nitrogens is 1. The Morgan fingerprint density at radius 3 is 1.57 bits per heavy atom. The van der Waals surface area contributed by atoms with Crippen molar-refractivity contribution in [3.8, 4) is 0 Å². The van der Waals surface area contributed by atoms with Gasteiger partial charge >= 0.3 is 17.9 Å². The summed E-state index contributed by atoms with van der Waals surface area (Å²) < 4.78 is 17.1. The quantitative estimate of drug-likeness (QED) is 0.0299. The van der Waals surface area contributed by atoms with Crippen LogP contribution in [0.15, 0.2) is 72.9 Å². The molecular formula is C45H76NO7+. The maximum atomic E-state index is 12.7. The van der Waals surface area contributed by atoms with E-state index in [4.69, 9.17) is 14.2 Å². The van der Waals surface area contributed by atoms with Crippen LogP contribution in [0.3, 0.4) is 0 Å². The fourth-order valence-electron chi connectivity index (χ4n) is 5.45. The number of hydrogen-bond acceptors (Lipinski definition) is 6. The molecule has 0 rings (SSSR count). The first-order valence-corrected chi connectivity index (χ1v) is 20.5. The molecule has 0 heterocycles. The van der Waals surface area contributed by atoms with Gasteiger partial charge in [0.25, 0.3) is 0 Å². The standard InChI is InChI=1S/C45H75NO7/c1-6-8-10-12-14-16-17-18-19-20-21-22-23-24-25-26-27-28-30-32-34-36-44(48)53-41(39-51-38-37-42(45(49)50)46(3,4)5)40-52-43(47)35-33-31-29-15-13-11-9-7-2/h8,10,14,16,18-19,21-22,24-25,27-28,41-42H,6-7,9,11-13,15,17,20,23,26,29-40H2,1-5H3/p+1/b10-8+,16-14+,19-18+,22-21+,25-24+,28-27+. The first kappa shape index (κ1) is 49.8. The van der Waals surface area contributed by atoms with Crippen LogP contribution in [0.2, 0.25) is 0 Å². The van der Waals surface area contributed by atoms with E-state index < -0.39 is 18.1 Å². The number of unbranched alkanes of at least 4 members (excludes halogenated alkanes) is 9. The average Bonchev–Trinajstić information content (AvgIpc) is 3.11. The summed E-state index contributed by atoms with van der Waals surface area (Å²) in [6.45, 7) is 4.52. The zero-order valence-corrected chi connectivity index (χ0v) is 34.2. The van der Waals surface area contributed by atoms with E-state index in [2.05, 4.69) is 86.8 Å². The molecule has 0 aromatic carbocycles. The monoisotopic (exact) mass is 743 g/mol. The second-order valence-corrected chi connectivity index (χ2v) is 14.5. The van der Waals surface area contributed by atoms with Crippen molar-refractivity contribution >= 4 is 17.9 Å². The minimum Gasteiger partial charge on any atom is -0.477 e. The van der Waals surface area contributed by atoms with Crippen LogP contribution in [0, 0.1) is 0 Å². The van der Waals surface area contributed by atoms with E-state index >= 15 is 0 Å². The lowest BCUT2D eigenvalue weighted by molar-refractivity contribution is -0.887. The summed E-state index contributed by atoms with van der Waals surface area (Å²) in [6.07, 6.45) is 43.9. The molecule has 302 valence electrons. The van der Waals surface area contributed by atoms with Gasteiger partial charge in [-0.15, -0.1) is 0 Å². The molecule has 0 saturated carbocycles. The maximum Gasteiger partial charge on any atom is 0.362 e. The fourth-order valence-corrected chi connectivity index (χ4v) is 5.45. The first-order chi connectivity index (χ1) is 25.6. The molecule has 0 bridgehead atoms. The smallest absolute Gasteiger partial charge is 0.362 e. The summed E-state index contributed by atoms with van der Waals surface area (Å²) in [7, 11) is 5.49. The molecule has 0 aromatic rings. The molecule has 0 fully saturated rings. The van der Waals surface area contributed by atoms with Gasteiger partial charge in [0.05, 0.1) is 34.4 Å². The topological polar surface area (TPSA) is 99.1 Å². The van der Waals surface area contributed by atoms with Crippen molar-refractivity contribution in [1.82, 2.24) is 0 Å². The van der Waals surface area contributed by atoms with Crippen molar-refractivity contribution in [1.29, 1.82) is 0 Å². The number of likely N-dealkylation sites (N-methyl/N-ethyl adjacent to an activating group) is 1. The first-order valence-electron chi connectivity index (χ1n) is 20.5. The van der Waals surface area contributed by atoms with Gasteiger partial charge in [0.1, 0.15) is 6.61 Å². The molecule has 0 aliphatic rings. The van der Waals surface area contributed by atoms with Crippen LogP contribution in [0.4, 0.5) is 0 Å². The van der Waals surface area contributed by atoms with Gasteiger partial charge in [-0.25, -0.2) is 4.79 Å². The lowest BCUT2D eigenvalue weighted by Gasteiger charge is -2.31. The van der Waals surface area contributed by atoms with E-state index in [1.54, 1.807) is 0 Å². The number of ether oxygens (including phenoxy) is 3. The molecule has 0 aliphatic heterocycles. The Balaban J connectivity index is 4.43. The summed E-state index contributed by atoms with van der Waals surface area (Å²) in [4.78, 5) is 36.7. The minimum absolute atomic E-state index is 0.0405. The SMILES string of the molecule is CC/C=C/C/C=C/C/C=C/C/C=C/C/C=C/C/C=C/CCCCC(=O)OC(COCCC(C(=O)O)[N+](C)(C)C)COC(=O)CCCCCCCCCC. The molecule has 0 radical (unpaired) electrons. The number of carbonyl (C=O) groups excluding carboxylic acids is 2. The number of hydrogen-bond donors (Lipinski definition) is 1. The van der Waals surface area contributed by atoms with Gasteiger partial charge in [0.2, 0.25) is 0 Å². The summed E-state index contributed by atoms with van der Waals surface area (Å²) in [5.41, 5.74) is 0. The molecule has 53 heavy (non-hydrogen) atoms. The van der Waals surface area contributed by atoms with Gasteiger partial charge in [0.15, 0.2) is 12.1 Å². The van der Waals surface area contributed by atoms with E-state index in [9.17, 15) is 19.5 Å². The lowest BCUT2D eigenvalue weighted by Crippen LogP contribution is -2.50. The average molecular weight is 743 g/mol. The molecule has 2 unspecified atom stereocenters. The third-order valence-corrected chi connectivity index (χ3v) is 8.62. The normalized spacial score (nSPS) is 13.8. The largest absolute Gasteiger partial charge is 0.477 e. The lowest BCUT2D eigenvalue weighted by atomic mass is 10.1. The second kappa shape index (κ2) is 35.8. The molecular weight excluding hydrogens is 666 g/mol. The highest BCUT2D eigenvalue weighted by molar-refractivity contribution is 5.72. The van der Waals surface area contributed by atoms with Gasteiger partial charge < -0.3 is 23.8 Å². The van der Waals surface area contributed by atoms with Crippen LogP contribution in [0.5, 0.6) is 0 Å². The third kappa shape index (κ3) is 34.3. The van der Waals surface area contributed by atoms with E-state index in [-0.39, 0.29) is 42.7 Å². The number of carboxylic acids is 1. The van der Waals surface area contributed by atoms with Gasteiger partial charge in [-0.2, -0.15) is 0 Å². The van der Waals surface area contributed by atoms with Gasteiger partial charge in [-0.05, 0) is 64.2 Å². The maximum absolute atomic E-state index is 12.7. The Hall–Kier alpha value is -3.23. The Kier molecular flexibility index (Phi) is 33.6. The highest BCUT2D eigenvalue weighted by atomic mass is 16.6. The number of rotatable bonds is 35. The summed E-state index contributed by atoms with van der Waals surface area (Å²) in [5.74, 6) is -1.54. The van der Waals surface area contributed by atoms with Crippen LogP contribution in [0.1, 0.15) is 142 Å². The summed E-state index contributed by atoms with van der Waals surface area (Å²) >= 11 is 0. The number of nitrogens with zero attached hydrogens (tertiary/aromatic N) is 1. The molecule has 8 heteroatoms. The van der Waals surface area contributed by atoms with Crippen LogP contribution < -0.4 is 0 Å². The molecule has 0 aliphatic carbocycles. The van der Waals surface area contributed by atoms with Crippen LogP contribution in [-0.2, 0) is 28.6 Å². The van der Waals surface area contributed by atoms with Crippen LogP contribution in [-0.4, -0.2) is 80.6 Å². The predicted octanol–water partition coefficient (Wildman–Crippen LogP) is 10.8. The number of esters is 2. The van der Waals surface area contributed by atoms with Crippen molar-refractivity contribution < 1.29 is 38.2 Å². The zero-order chi connectivity index (χ0) is 39.3. The van der Waals surface area contributed by atoms with Crippen molar-refractivity contribution in [3.05, 3.63) is 72.9 Å². The molecule has 0 spiro atoms. The van der Waals surface area contributed by atoms with Crippen molar-refractivity contribution in [2.75, 3.05) is 41.0 Å². The van der Waals surface area contributed by atoms with Gasteiger partial charge in [0, 0.05) is 19.3 Å². The second-order valence-electron chi connectivity index (χ2n) is 14.5. The highest BCUT2D eigenvalue weighted by Gasteiger charge is 2.31. The molecule has 1 N–H and O–H groups in total. The van der Waals surface area contributed by atoms with E-state index in [0.717, 1.165) is 70.6 Å². The minimum atomic E-state index is -0.886. The van der Waals surface area contributed by atoms with Crippen LogP contribution >= 0.6 is 0 Å². The third-order valence-electron chi connectivity index (χ3n) is 8.62. The Morgan fingerprint density at radius 1 is 0.585 bits per heavy atom. The number of allylic oxidation sites excluding steroid dienone is 12. The Morgan fingerprint density at radius 2 is 1.06 bits per heavy atom. The Labute approximate surface area is 323 Å². The van der Waals surface area contributed by atoms with Crippen molar-refractivity contribution in [3.63, 3.8) is 0 Å². The molecule has 0 saturated heterocycles. The number of aliphatic carboxylic acids is 1. The van der Waals surface area contributed by atoms with E-state index in [1.165, 1.54) is 32.1 Å². The van der Waals surface area contributed by atoms with Gasteiger partial charge in [-0.3, -0.25) is 9.59 Å². The zero-order valence-electron chi connectivity index (χ0n) is 34.2. The van der Waals surface area contributed by atoms with E-state index in [1.807, 2.05) is 21.1 Å².